The highest BCUT2D eigenvalue weighted by Crippen LogP contribution is 2.16. The molecule has 0 N–H and O–H groups in total. The average molecular weight is 278 g/mol. The molecular formula is C15H22N2O3. The van der Waals surface area contributed by atoms with Crippen LogP contribution in [0.2, 0.25) is 0 Å². The Morgan fingerprint density at radius 2 is 2.30 bits per heavy atom. The molecule has 0 aliphatic carbocycles. The van der Waals surface area contributed by atoms with Gasteiger partial charge in [-0.1, -0.05) is 6.92 Å². The lowest BCUT2D eigenvalue weighted by molar-refractivity contribution is -0.141. The standard InChI is InChI=1S/C15H22N2O3/c1-12-5-3-7-16(9-12)15(19)11-17(13(2)18)10-14-6-4-8-20-14/h4,6,8,12H,3,5,7,9-11H2,1-2H3. The van der Waals surface area contributed by atoms with E-state index < -0.39 is 0 Å². The first-order chi connectivity index (χ1) is 9.56. The van der Waals surface area contributed by atoms with Crippen LogP contribution < -0.4 is 0 Å². The molecule has 0 bridgehead atoms. The first-order valence-corrected chi connectivity index (χ1v) is 7.12. The number of hydrogen-bond donors (Lipinski definition) is 0. The molecule has 0 radical (unpaired) electrons. The van der Waals surface area contributed by atoms with Crippen molar-refractivity contribution < 1.29 is 14.0 Å². The van der Waals surface area contributed by atoms with Crippen LogP contribution in [0.4, 0.5) is 0 Å². The fourth-order valence-corrected chi connectivity index (χ4v) is 2.55. The van der Waals surface area contributed by atoms with E-state index in [4.69, 9.17) is 4.42 Å². The summed E-state index contributed by atoms with van der Waals surface area (Å²) in [6.07, 6.45) is 3.79. The first kappa shape index (κ1) is 14.6. The van der Waals surface area contributed by atoms with Crippen LogP contribution in [-0.4, -0.2) is 41.2 Å². The summed E-state index contributed by atoms with van der Waals surface area (Å²) in [4.78, 5) is 27.4. The number of carbonyl (C=O) groups excluding carboxylic acids is 2. The summed E-state index contributed by atoms with van der Waals surface area (Å²) in [5.41, 5.74) is 0. The Morgan fingerprint density at radius 3 is 2.90 bits per heavy atom. The Kier molecular flexibility index (Phi) is 4.82. The molecule has 20 heavy (non-hydrogen) atoms. The van der Waals surface area contributed by atoms with E-state index in [9.17, 15) is 9.59 Å². The Bertz CT molecular complexity index is 456. The van der Waals surface area contributed by atoms with Gasteiger partial charge in [-0.25, -0.2) is 0 Å². The topological polar surface area (TPSA) is 53.8 Å². The molecule has 1 aromatic rings. The number of furan rings is 1. The maximum atomic E-state index is 12.3. The second kappa shape index (κ2) is 6.59. The molecule has 1 atom stereocenters. The lowest BCUT2D eigenvalue weighted by atomic mass is 10.0. The summed E-state index contributed by atoms with van der Waals surface area (Å²) in [6.45, 7) is 5.71. The predicted octanol–water partition coefficient (Wildman–Crippen LogP) is 1.89. The molecule has 1 saturated heterocycles. The molecule has 1 fully saturated rings. The van der Waals surface area contributed by atoms with Crippen LogP contribution >= 0.6 is 0 Å². The summed E-state index contributed by atoms with van der Waals surface area (Å²) in [5.74, 6) is 1.15. The van der Waals surface area contributed by atoms with Crippen molar-refractivity contribution >= 4 is 11.8 Å². The zero-order chi connectivity index (χ0) is 14.5. The number of hydrogen-bond acceptors (Lipinski definition) is 3. The minimum Gasteiger partial charge on any atom is -0.467 e. The number of likely N-dealkylation sites (tertiary alicyclic amines) is 1. The van der Waals surface area contributed by atoms with E-state index in [2.05, 4.69) is 6.92 Å². The minimum absolute atomic E-state index is 0.0262. The number of amides is 2. The van der Waals surface area contributed by atoms with Crippen molar-refractivity contribution in [3.63, 3.8) is 0 Å². The van der Waals surface area contributed by atoms with Gasteiger partial charge in [0.05, 0.1) is 12.8 Å². The monoisotopic (exact) mass is 278 g/mol. The van der Waals surface area contributed by atoms with Crippen LogP contribution in [0.3, 0.4) is 0 Å². The predicted molar refractivity (Wildman–Crippen MR) is 74.8 cm³/mol. The van der Waals surface area contributed by atoms with Gasteiger partial charge in [-0.2, -0.15) is 0 Å². The van der Waals surface area contributed by atoms with Crippen molar-refractivity contribution in [1.82, 2.24) is 9.80 Å². The minimum atomic E-state index is -0.111. The van der Waals surface area contributed by atoms with E-state index in [1.165, 1.54) is 18.2 Å². The van der Waals surface area contributed by atoms with Crippen molar-refractivity contribution in [2.24, 2.45) is 5.92 Å². The summed E-state index contributed by atoms with van der Waals surface area (Å²) >= 11 is 0. The second-order valence-electron chi connectivity index (χ2n) is 5.54. The van der Waals surface area contributed by atoms with Gasteiger partial charge in [0.15, 0.2) is 0 Å². The van der Waals surface area contributed by atoms with E-state index in [1.807, 2.05) is 11.0 Å². The normalized spacial score (nSPS) is 18.9. The molecule has 0 aromatic carbocycles. The Morgan fingerprint density at radius 1 is 1.50 bits per heavy atom. The zero-order valence-corrected chi connectivity index (χ0v) is 12.2. The summed E-state index contributed by atoms with van der Waals surface area (Å²) in [6, 6.07) is 3.59. The molecule has 5 nitrogen and oxygen atoms in total. The number of rotatable bonds is 4. The summed E-state index contributed by atoms with van der Waals surface area (Å²) < 4.78 is 5.24. The molecule has 0 saturated carbocycles. The van der Waals surface area contributed by atoms with E-state index in [0.29, 0.717) is 18.2 Å². The third-order valence-corrected chi connectivity index (χ3v) is 3.71. The van der Waals surface area contributed by atoms with E-state index >= 15 is 0 Å². The van der Waals surface area contributed by atoms with Crippen molar-refractivity contribution in [2.75, 3.05) is 19.6 Å². The Labute approximate surface area is 119 Å². The van der Waals surface area contributed by atoms with Gasteiger partial charge in [0.2, 0.25) is 11.8 Å². The van der Waals surface area contributed by atoms with Gasteiger partial charge in [0, 0.05) is 20.0 Å². The van der Waals surface area contributed by atoms with Gasteiger partial charge in [0.1, 0.15) is 12.3 Å². The molecule has 1 aliphatic heterocycles. The van der Waals surface area contributed by atoms with Crippen molar-refractivity contribution in [2.45, 2.75) is 33.2 Å². The largest absolute Gasteiger partial charge is 0.467 e. The first-order valence-electron chi connectivity index (χ1n) is 7.12. The molecule has 5 heteroatoms. The van der Waals surface area contributed by atoms with Crippen molar-refractivity contribution in [1.29, 1.82) is 0 Å². The van der Waals surface area contributed by atoms with Gasteiger partial charge in [-0.3, -0.25) is 9.59 Å². The second-order valence-corrected chi connectivity index (χ2v) is 5.54. The number of carbonyl (C=O) groups is 2. The third-order valence-electron chi connectivity index (χ3n) is 3.71. The molecular weight excluding hydrogens is 256 g/mol. The van der Waals surface area contributed by atoms with Crippen LogP contribution in [0.25, 0.3) is 0 Å². The summed E-state index contributed by atoms with van der Waals surface area (Å²) in [5, 5.41) is 0. The van der Waals surface area contributed by atoms with Gasteiger partial charge in [-0.05, 0) is 30.9 Å². The van der Waals surface area contributed by atoms with Crippen molar-refractivity contribution in [3.05, 3.63) is 24.2 Å². The van der Waals surface area contributed by atoms with Gasteiger partial charge in [0.25, 0.3) is 0 Å². The highest BCUT2D eigenvalue weighted by atomic mass is 16.3. The fraction of sp³-hybridized carbons (Fsp3) is 0.600. The van der Waals surface area contributed by atoms with Crippen molar-refractivity contribution in [3.8, 4) is 0 Å². The molecule has 2 amide bonds. The SMILES string of the molecule is CC(=O)N(CC(=O)N1CCCC(C)C1)Cc1ccco1. The maximum absolute atomic E-state index is 12.3. The Hall–Kier alpha value is -1.78. The van der Waals surface area contributed by atoms with E-state index in [-0.39, 0.29) is 18.4 Å². The van der Waals surface area contributed by atoms with E-state index in [1.54, 1.807) is 12.3 Å². The summed E-state index contributed by atoms with van der Waals surface area (Å²) in [7, 11) is 0. The number of piperidine rings is 1. The lowest BCUT2D eigenvalue weighted by Crippen LogP contribution is -2.45. The van der Waals surface area contributed by atoms with Crippen LogP contribution in [-0.2, 0) is 16.1 Å². The zero-order valence-electron chi connectivity index (χ0n) is 12.2. The van der Waals surface area contributed by atoms with Gasteiger partial charge >= 0.3 is 0 Å². The third kappa shape index (κ3) is 3.85. The molecule has 1 aromatic heterocycles. The fourth-order valence-electron chi connectivity index (χ4n) is 2.55. The van der Waals surface area contributed by atoms with Crippen LogP contribution in [0.1, 0.15) is 32.4 Å². The quantitative estimate of drug-likeness (QED) is 0.845. The molecule has 0 spiro atoms. The molecule has 1 aliphatic rings. The smallest absolute Gasteiger partial charge is 0.242 e. The van der Waals surface area contributed by atoms with Gasteiger partial charge < -0.3 is 14.2 Å². The lowest BCUT2D eigenvalue weighted by Gasteiger charge is -2.32. The Balaban J connectivity index is 1.93. The average Bonchev–Trinajstić information content (AvgIpc) is 2.90. The highest BCUT2D eigenvalue weighted by Gasteiger charge is 2.23. The maximum Gasteiger partial charge on any atom is 0.242 e. The van der Waals surface area contributed by atoms with Crippen LogP contribution in [0.5, 0.6) is 0 Å². The van der Waals surface area contributed by atoms with E-state index in [0.717, 1.165) is 19.5 Å². The molecule has 1 unspecified atom stereocenters. The molecule has 110 valence electrons. The number of nitrogens with zero attached hydrogens (tertiary/aromatic N) is 2. The molecule has 2 heterocycles. The highest BCUT2D eigenvalue weighted by molar-refractivity contribution is 5.83. The van der Waals surface area contributed by atoms with Crippen LogP contribution in [0, 0.1) is 5.92 Å². The molecule has 2 rings (SSSR count). The van der Waals surface area contributed by atoms with Gasteiger partial charge in [-0.15, -0.1) is 0 Å². The van der Waals surface area contributed by atoms with Crippen LogP contribution in [0.15, 0.2) is 22.8 Å².